The van der Waals surface area contributed by atoms with Crippen LogP contribution in [0.4, 0.5) is 0 Å². The van der Waals surface area contributed by atoms with Crippen LogP contribution in [-0.4, -0.2) is 48.7 Å². The molecule has 0 radical (unpaired) electrons. The summed E-state index contributed by atoms with van der Waals surface area (Å²) in [5.74, 6) is 0. The van der Waals surface area contributed by atoms with Gasteiger partial charge in [0.05, 0.1) is 6.10 Å². The van der Waals surface area contributed by atoms with Gasteiger partial charge >= 0.3 is 0 Å². The maximum Gasteiger partial charge on any atom is 0.213 e. The van der Waals surface area contributed by atoms with E-state index >= 15 is 0 Å². The largest absolute Gasteiger partial charge is 0.356 e. The first kappa shape index (κ1) is 13.9. The molecular formula is C12H26N2O2. The Labute approximate surface area is 99.0 Å². The Bertz CT molecular complexity index is 170. The van der Waals surface area contributed by atoms with Crippen LogP contribution in [0.5, 0.6) is 0 Å². The van der Waals surface area contributed by atoms with E-state index in [4.69, 9.17) is 4.74 Å². The smallest absolute Gasteiger partial charge is 0.213 e. The number of aliphatic hydroxyl groups is 1. The summed E-state index contributed by atoms with van der Waals surface area (Å²) in [7, 11) is 0. The van der Waals surface area contributed by atoms with E-state index in [-0.39, 0.29) is 6.10 Å². The third kappa shape index (κ3) is 6.43. The number of nitrogens with zero attached hydrogens (tertiary/aromatic N) is 1. The lowest BCUT2D eigenvalue weighted by Gasteiger charge is -2.26. The average molecular weight is 230 g/mol. The van der Waals surface area contributed by atoms with Crippen molar-refractivity contribution in [2.24, 2.45) is 0 Å². The number of likely N-dealkylation sites (tertiary alicyclic amines) is 1. The standard InChI is InChI=1S/C12H26N2O2/c1-11(2)16-12(15)13-7-6-10-14-8-4-3-5-9-14/h11-13,15H,3-10H2,1-2H3. The number of piperidine rings is 1. The number of rotatable bonds is 7. The van der Waals surface area contributed by atoms with E-state index in [9.17, 15) is 5.11 Å². The topological polar surface area (TPSA) is 44.7 Å². The van der Waals surface area contributed by atoms with Crippen molar-refractivity contribution in [3.05, 3.63) is 0 Å². The van der Waals surface area contributed by atoms with Crippen molar-refractivity contribution in [1.29, 1.82) is 0 Å². The molecule has 0 amide bonds. The van der Waals surface area contributed by atoms with Crippen molar-refractivity contribution < 1.29 is 9.84 Å². The molecule has 1 atom stereocenters. The Morgan fingerprint density at radius 1 is 1.25 bits per heavy atom. The quantitative estimate of drug-likeness (QED) is 0.509. The molecule has 4 nitrogen and oxygen atoms in total. The number of nitrogens with one attached hydrogen (secondary N) is 1. The molecule has 1 fully saturated rings. The van der Waals surface area contributed by atoms with Crippen LogP contribution >= 0.6 is 0 Å². The summed E-state index contributed by atoms with van der Waals surface area (Å²) in [6.07, 6.45) is 4.37. The molecule has 0 aliphatic carbocycles. The molecule has 1 aliphatic heterocycles. The Balaban J connectivity index is 1.94. The predicted molar refractivity (Wildman–Crippen MR) is 65.1 cm³/mol. The van der Waals surface area contributed by atoms with Crippen molar-refractivity contribution in [3.8, 4) is 0 Å². The molecular weight excluding hydrogens is 204 g/mol. The van der Waals surface area contributed by atoms with E-state index in [1.165, 1.54) is 32.4 Å². The molecule has 0 aromatic heterocycles. The zero-order valence-electron chi connectivity index (χ0n) is 10.6. The highest BCUT2D eigenvalue weighted by Crippen LogP contribution is 2.08. The van der Waals surface area contributed by atoms with Gasteiger partial charge in [-0.25, -0.2) is 0 Å². The second-order valence-electron chi connectivity index (χ2n) is 4.75. The van der Waals surface area contributed by atoms with E-state index in [1.54, 1.807) is 0 Å². The monoisotopic (exact) mass is 230 g/mol. The highest BCUT2D eigenvalue weighted by atomic mass is 16.6. The minimum atomic E-state index is -0.818. The molecule has 1 heterocycles. The first-order valence-electron chi connectivity index (χ1n) is 6.48. The van der Waals surface area contributed by atoms with Crippen molar-refractivity contribution in [3.63, 3.8) is 0 Å². The van der Waals surface area contributed by atoms with Gasteiger partial charge in [-0.15, -0.1) is 0 Å². The van der Waals surface area contributed by atoms with Gasteiger partial charge in [0, 0.05) is 6.54 Å². The Morgan fingerprint density at radius 2 is 1.94 bits per heavy atom. The number of hydrogen-bond acceptors (Lipinski definition) is 4. The van der Waals surface area contributed by atoms with Crippen LogP contribution in [-0.2, 0) is 4.74 Å². The van der Waals surface area contributed by atoms with Gasteiger partial charge in [0.1, 0.15) is 0 Å². The molecule has 1 aliphatic rings. The van der Waals surface area contributed by atoms with E-state index in [0.717, 1.165) is 19.5 Å². The molecule has 0 spiro atoms. The molecule has 0 aromatic carbocycles. The van der Waals surface area contributed by atoms with Gasteiger partial charge in [0.25, 0.3) is 0 Å². The maximum atomic E-state index is 9.41. The van der Waals surface area contributed by atoms with Crippen molar-refractivity contribution in [1.82, 2.24) is 10.2 Å². The summed E-state index contributed by atoms with van der Waals surface area (Å²) >= 11 is 0. The first-order valence-corrected chi connectivity index (χ1v) is 6.48. The zero-order valence-corrected chi connectivity index (χ0v) is 10.6. The molecule has 96 valence electrons. The SMILES string of the molecule is CC(C)OC(O)NCCCN1CCCCC1. The molecule has 4 heteroatoms. The highest BCUT2D eigenvalue weighted by molar-refractivity contribution is 4.64. The predicted octanol–water partition coefficient (Wildman–Crippen LogP) is 1.15. The Hall–Kier alpha value is -0.160. The van der Waals surface area contributed by atoms with E-state index < -0.39 is 6.41 Å². The van der Waals surface area contributed by atoms with Crippen LogP contribution < -0.4 is 5.32 Å². The minimum Gasteiger partial charge on any atom is -0.356 e. The lowest BCUT2D eigenvalue weighted by molar-refractivity contribution is -0.143. The summed E-state index contributed by atoms with van der Waals surface area (Å²) < 4.78 is 5.17. The minimum absolute atomic E-state index is 0.0598. The van der Waals surface area contributed by atoms with Crippen LogP contribution in [0.3, 0.4) is 0 Å². The summed E-state index contributed by atoms with van der Waals surface area (Å²) in [6.45, 7) is 8.25. The van der Waals surface area contributed by atoms with Gasteiger partial charge in [-0.1, -0.05) is 6.42 Å². The third-order valence-electron chi connectivity index (χ3n) is 2.82. The van der Waals surface area contributed by atoms with Crippen molar-refractivity contribution >= 4 is 0 Å². The molecule has 2 N–H and O–H groups in total. The van der Waals surface area contributed by atoms with Gasteiger partial charge in [0.15, 0.2) is 0 Å². The van der Waals surface area contributed by atoms with E-state index in [0.29, 0.717) is 0 Å². The van der Waals surface area contributed by atoms with Gasteiger partial charge in [0.2, 0.25) is 6.41 Å². The second kappa shape index (κ2) is 8.01. The normalized spacial score (nSPS) is 20.2. The van der Waals surface area contributed by atoms with Crippen LogP contribution in [0.2, 0.25) is 0 Å². The second-order valence-corrected chi connectivity index (χ2v) is 4.75. The van der Waals surface area contributed by atoms with Gasteiger partial charge in [-0.3, -0.25) is 5.32 Å². The van der Waals surface area contributed by atoms with Crippen molar-refractivity contribution in [2.45, 2.75) is 52.0 Å². The molecule has 0 saturated carbocycles. The van der Waals surface area contributed by atoms with Crippen molar-refractivity contribution in [2.75, 3.05) is 26.2 Å². The number of ether oxygens (including phenoxy) is 1. The highest BCUT2D eigenvalue weighted by Gasteiger charge is 2.09. The van der Waals surface area contributed by atoms with Gasteiger partial charge < -0.3 is 14.7 Å². The van der Waals surface area contributed by atoms with Gasteiger partial charge in [-0.05, 0) is 52.7 Å². The van der Waals surface area contributed by atoms with E-state index in [2.05, 4.69) is 10.2 Å². The number of aliphatic hydroxyl groups excluding tert-OH is 1. The molecule has 16 heavy (non-hydrogen) atoms. The van der Waals surface area contributed by atoms with Crippen LogP contribution in [0.25, 0.3) is 0 Å². The first-order chi connectivity index (χ1) is 7.68. The lowest BCUT2D eigenvalue weighted by atomic mass is 10.1. The van der Waals surface area contributed by atoms with Crippen LogP contribution in [0, 0.1) is 0 Å². The molecule has 1 saturated heterocycles. The molecule has 0 aromatic rings. The summed E-state index contributed by atoms with van der Waals surface area (Å²) in [4.78, 5) is 2.50. The average Bonchev–Trinajstić information content (AvgIpc) is 2.25. The van der Waals surface area contributed by atoms with Crippen LogP contribution in [0.15, 0.2) is 0 Å². The molecule has 0 bridgehead atoms. The third-order valence-corrected chi connectivity index (χ3v) is 2.82. The Morgan fingerprint density at radius 3 is 2.56 bits per heavy atom. The summed E-state index contributed by atoms with van der Waals surface area (Å²) in [5.41, 5.74) is 0. The fraction of sp³-hybridized carbons (Fsp3) is 1.00. The Kier molecular flexibility index (Phi) is 6.96. The lowest BCUT2D eigenvalue weighted by Crippen LogP contribution is -2.37. The molecule has 1 rings (SSSR count). The number of hydrogen-bond donors (Lipinski definition) is 2. The summed E-state index contributed by atoms with van der Waals surface area (Å²) in [6, 6.07) is 0. The fourth-order valence-electron chi connectivity index (χ4n) is 2.02. The zero-order chi connectivity index (χ0) is 11.8. The maximum absolute atomic E-state index is 9.41. The van der Waals surface area contributed by atoms with Crippen LogP contribution in [0.1, 0.15) is 39.5 Å². The van der Waals surface area contributed by atoms with E-state index in [1.807, 2.05) is 13.8 Å². The molecule has 1 unspecified atom stereocenters. The fourth-order valence-corrected chi connectivity index (χ4v) is 2.02. The van der Waals surface area contributed by atoms with Gasteiger partial charge in [-0.2, -0.15) is 0 Å². The summed E-state index contributed by atoms with van der Waals surface area (Å²) in [5, 5.41) is 12.4.